The molecule has 1 aliphatic carbocycles. The minimum Gasteiger partial charge on any atom is -0.493 e. The number of amides is 1. The van der Waals surface area contributed by atoms with E-state index in [1.807, 2.05) is 18.2 Å². The lowest BCUT2D eigenvalue weighted by atomic mass is 10.1. The number of fused-ring (bicyclic) bond motifs is 1. The number of hydrogen-bond acceptors (Lipinski definition) is 3. The maximum absolute atomic E-state index is 12.6. The molecule has 1 aliphatic rings. The molecule has 1 fully saturated rings. The Bertz CT molecular complexity index is 1070. The normalized spacial score (nSPS) is 15.1. The number of benzene rings is 2. The molecular formula is C23H23F3N2O3. The number of carbonyl (C=O) groups is 1. The first kappa shape index (κ1) is 21.2. The lowest BCUT2D eigenvalue weighted by Gasteiger charge is -2.13. The van der Waals surface area contributed by atoms with Crippen molar-refractivity contribution in [3.05, 3.63) is 59.8 Å². The molecule has 1 amide bonds. The average molecular weight is 432 g/mol. The van der Waals surface area contributed by atoms with Gasteiger partial charge in [-0.1, -0.05) is 6.07 Å². The Kier molecular flexibility index (Phi) is 5.66. The Hall–Kier alpha value is -3.00. The third kappa shape index (κ3) is 4.69. The van der Waals surface area contributed by atoms with Crippen molar-refractivity contribution in [3.63, 3.8) is 0 Å². The largest absolute Gasteiger partial charge is 0.493 e. The monoisotopic (exact) mass is 432 g/mol. The van der Waals surface area contributed by atoms with Crippen molar-refractivity contribution in [2.75, 3.05) is 25.6 Å². The summed E-state index contributed by atoms with van der Waals surface area (Å²) in [6.07, 6.45) is -0.374. The summed E-state index contributed by atoms with van der Waals surface area (Å²) in [5.74, 6) is 0.350. The van der Waals surface area contributed by atoms with E-state index in [1.165, 1.54) is 12.1 Å². The zero-order chi connectivity index (χ0) is 22.1. The van der Waals surface area contributed by atoms with Gasteiger partial charge in [-0.2, -0.15) is 13.2 Å². The number of methoxy groups -OCH3 is 1. The van der Waals surface area contributed by atoms with Crippen LogP contribution in [0, 0.1) is 5.41 Å². The molecule has 1 aromatic heterocycles. The van der Waals surface area contributed by atoms with Gasteiger partial charge in [-0.25, -0.2) is 0 Å². The molecule has 3 aromatic rings. The summed E-state index contributed by atoms with van der Waals surface area (Å²) in [5.41, 5.74) is 1.48. The van der Waals surface area contributed by atoms with E-state index in [0.717, 1.165) is 41.4 Å². The maximum Gasteiger partial charge on any atom is 0.416 e. The van der Waals surface area contributed by atoms with Gasteiger partial charge >= 0.3 is 6.18 Å². The number of H-pyrrole nitrogens is 1. The summed E-state index contributed by atoms with van der Waals surface area (Å²) in [5, 5.41) is 3.90. The number of aromatic amines is 1. The van der Waals surface area contributed by atoms with Crippen LogP contribution < -0.4 is 10.1 Å². The first-order valence-electron chi connectivity index (χ1n) is 10.0. The fourth-order valence-electron chi connectivity index (χ4n) is 3.57. The third-order valence-corrected chi connectivity index (χ3v) is 5.59. The highest BCUT2D eigenvalue weighted by Gasteiger charge is 2.50. The zero-order valence-corrected chi connectivity index (χ0v) is 17.0. The minimum atomic E-state index is -4.36. The van der Waals surface area contributed by atoms with E-state index in [9.17, 15) is 18.0 Å². The summed E-state index contributed by atoms with van der Waals surface area (Å²) in [7, 11) is 1.60. The quantitative estimate of drug-likeness (QED) is 0.516. The van der Waals surface area contributed by atoms with Crippen molar-refractivity contribution in [2.45, 2.75) is 25.4 Å². The molecule has 0 saturated heterocycles. The van der Waals surface area contributed by atoms with Crippen LogP contribution in [0.25, 0.3) is 10.9 Å². The number of alkyl halides is 3. The fourth-order valence-corrected chi connectivity index (χ4v) is 3.57. The molecule has 0 radical (unpaired) electrons. The summed E-state index contributed by atoms with van der Waals surface area (Å²) >= 11 is 0. The van der Waals surface area contributed by atoms with Crippen molar-refractivity contribution in [1.29, 1.82) is 0 Å². The van der Waals surface area contributed by atoms with Crippen LogP contribution in [0.1, 0.15) is 24.0 Å². The number of anilines is 1. The molecular weight excluding hydrogens is 409 g/mol. The Labute approximate surface area is 177 Å². The lowest BCUT2D eigenvalue weighted by molar-refractivity contribution is -0.137. The second-order valence-corrected chi connectivity index (χ2v) is 7.87. The summed E-state index contributed by atoms with van der Waals surface area (Å²) in [6.45, 7) is 0.730. The van der Waals surface area contributed by atoms with Gasteiger partial charge in [0.25, 0.3) is 0 Å². The van der Waals surface area contributed by atoms with Gasteiger partial charge in [-0.05, 0) is 54.8 Å². The van der Waals surface area contributed by atoms with Gasteiger partial charge in [-0.15, -0.1) is 0 Å². The molecule has 0 aliphatic heterocycles. The maximum atomic E-state index is 12.6. The van der Waals surface area contributed by atoms with Gasteiger partial charge in [0.1, 0.15) is 5.75 Å². The average Bonchev–Trinajstić information content (AvgIpc) is 3.42. The Morgan fingerprint density at radius 2 is 1.90 bits per heavy atom. The molecule has 0 atom stereocenters. The van der Waals surface area contributed by atoms with Crippen LogP contribution in [0.5, 0.6) is 5.75 Å². The highest BCUT2D eigenvalue weighted by atomic mass is 19.4. The molecule has 1 saturated carbocycles. The smallest absolute Gasteiger partial charge is 0.416 e. The number of aromatic nitrogens is 1. The molecule has 5 nitrogen and oxygen atoms in total. The standard InChI is InChI=1S/C23H23F3N2O3/c1-30-14-22(9-10-22)21(29)28-20-13-27-19-7-2-15(12-18(19)20)8-11-31-17-5-3-16(4-6-17)23(24,25)26/h2-7,12-13,27H,8-11,14H2,1H3,(H,28,29). The second kappa shape index (κ2) is 8.26. The van der Waals surface area contributed by atoms with Crippen LogP contribution in [0.3, 0.4) is 0 Å². The Morgan fingerprint density at radius 1 is 1.16 bits per heavy atom. The van der Waals surface area contributed by atoms with Gasteiger partial charge < -0.3 is 19.8 Å². The van der Waals surface area contributed by atoms with Gasteiger partial charge in [0.2, 0.25) is 5.91 Å². The highest BCUT2D eigenvalue weighted by Crippen LogP contribution is 2.47. The van der Waals surface area contributed by atoms with E-state index < -0.39 is 17.2 Å². The minimum absolute atomic E-state index is 0.0358. The number of halogens is 3. The van der Waals surface area contributed by atoms with Gasteiger partial charge in [0.05, 0.1) is 29.9 Å². The fraction of sp³-hybridized carbons (Fsp3) is 0.348. The van der Waals surface area contributed by atoms with Gasteiger partial charge in [0, 0.05) is 30.6 Å². The molecule has 0 bridgehead atoms. The Morgan fingerprint density at radius 3 is 2.55 bits per heavy atom. The highest BCUT2D eigenvalue weighted by molar-refractivity contribution is 6.04. The van der Waals surface area contributed by atoms with Crippen molar-refractivity contribution in [3.8, 4) is 5.75 Å². The van der Waals surface area contributed by atoms with Crippen molar-refractivity contribution in [2.24, 2.45) is 5.41 Å². The van der Waals surface area contributed by atoms with E-state index in [-0.39, 0.29) is 5.91 Å². The SMILES string of the molecule is COCC1(C(=O)Nc2c[nH]c3ccc(CCOc4ccc(C(F)(F)F)cc4)cc23)CC1. The molecule has 1 heterocycles. The lowest BCUT2D eigenvalue weighted by Crippen LogP contribution is -2.27. The molecule has 2 aromatic carbocycles. The number of ether oxygens (including phenoxy) is 2. The summed E-state index contributed by atoms with van der Waals surface area (Å²) in [4.78, 5) is 15.8. The predicted octanol–water partition coefficient (Wildman–Crippen LogP) is 5.17. The molecule has 31 heavy (non-hydrogen) atoms. The molecule has 8 heteroatoms. The summed E-state index contributed by atoms with van der Waals surface area (Å²) < 4.78 is 48.7. The van der Waals surface area contributed by atoms with E-state index in [4.69, 9.17) is 9.47 Å². The molecule has 0 unspecified atom stereocenters. The number of nitrogens with one attached hydrogen (secondary N) is 2. The van der Waals surface area contributed by atoms with Gasteiger partial charge in [-0.3, -0.25) is 4.79 Å². The summed E-state index contributed by atoms with van der Waals surface area (Å²) in [6, 6.07) is 10.5. The molecule has 4 rings (SSSR count). The number of hydrogen-bond donors (Lipinski definition) is 2. The zero-order valence-electron chi connectivity index (χ0n) is 17.0. The van der Waals surface area contributed by atoms with Crippen LogP contribution in [-0.2, 0) is 22.1 Å². The molecule has 0 spiro atoms. The van der Waals surface area contributed by atoms with E-state index in [1.54, 1.807) is 13.3 Å². The van der Waals surface area contributed by atoms with Crippen molar-refractivity contribution in [1.82, 2.24) is 4.98 Å². The molecule has 164 valence electrons. The van der Waals surface area contributed by atoms with E-state index >= 15 is 0 Å². The predicted molar refractivity (Wildman–Crippen MR) is 111 cm³/mol. The van der Waals surface area contributed by atoms with Crippen LogP contribution in [-0.4, -0.2) is 31.2 Å². The number of rotatable bonds is 8. The third-order valence-electron chi connectivity index (χ3n) is 5.59. The Balaban J connectivity index is 1.39. The van der Waals surface area contributed by atoms with Crippen LogP contribution in [0.4, 0.5) is 18.9 Å². The second-order valence-electron chi connectivity index (χ2n) is 7.87. The topological polar surface area (TPSA) is 63.3 Å². The van der Waals surface area contributed by atoms with Crippen molar-refractivity contribution < 1.29 is 27.4 Å². The van der Waals surface area contributed by atoms with E-state index in [0.29, 0.717) is 31.1 Å². The molecule has 2 N–H and O–H groups in total. The first-order valence-corrected chi connectivity index (χ1v) is 10.0. The van der Waals surface area contributed by atoms with Crippen LogP contribution >= 0.6 is 0 Å². The van der Waals surface area contributed by atoms with Crippen LogP contribution in [0.15, 0.2) is 48.7 Å². The van der Waals surface area contributed by atoms with Gasteiger partial charge in [0.15, 0.2) is 0 Å². The number of carbonyl (C=O) groups excluding carboxylic acids is 1. The van der Waals surface area contributed by atoms with E-state index in [2.05, 4.69) is 10.3 Å². The first-order chi connectivity index (χ1) is 14.8. The van der Waals surface area contributed by atoms with Crippen molar-refractivity contribution >= 4 is 22.5 Å². The van der Waals surface area contributed by atoms with Crippen LogP contribution in [0.2, 0.25) is 0 Å².